The van der Waals surface area contributed by atoms with Gasteiger partial charge in [-0.05, 0) is 31.0 Å². The second-order valence-electron chi connectivity index (χ2n) is 4.37. The van der Waals surface area contributed by atoms with E-state index in [0.29, 0.717) is 17.5 Å². The maximum absolute atomic E-state index is 12.3. The quantitative estimate of drug-likeness (QED) is 0.767. The molecule has 0 atom stereocenters. The first-order valence-corrected chi connectivity index (χ1v) is 5.95. The zero-order valence-electron chi connectivity index (χ0n) is 9.80. The highest BCUT2D eigenvalue weighted by Crippen LogP contribution is 2.23. The molecule has 0 saturated heterocycles. The van der Waals surface area contributed by atoms with E-state index in [1.54, 1.807) is 41.4 Å². The molecule has 2 aromatic heterocycles. The predicted molar refractivity (Wildman–Crippen MR) is 65.7 cm³/mol. The first-order valence-electron chi connectivity index (χ1n) is 5.95. The highest BCUT2D eigenvalue weighted by molar-refractivity contribution is 6.02. The molecule has 0 fully saturated rings. The third-order valence-electron chi connectivity index (χ3n) is 3.24. The molecule has 0 unspecified atom stereocenters. The molecule has 0 bridgehead atoms. The van der Waals surface area contributed by atoms with Crippen LogP contribution in [-0.4, -0.2) is 21.2 Å². The van der Waals surface area contributed by atoms with Gasteiger partial charge in [-0.15, -0.1) is 0 Å². The van der Waals surface area contributed by atoms with E-state index in [1.807, 2.05) is 0 Å². The third kappa shape index (κ3) is 1.66. The van der Waals surface area contributed by atoms with Crippen molar-refractivity contribution in [3.8, 4) is 0 Å². The lowest BCUT2D eigenvalue weighted by atomic mass is 9.97. The van der Waals surface area contributed by atoms with E-state index >= 15 is 0 Å². The van der Waals surface area contributed by atoms with E-state index in [2.05, 4.69) is 4.98 Å². The van der Waals surface area contributed by atoms with E-state index < -0.39 is 0 Å². The molecule has 0 saturated carbocycles. The zero-order chi connectivity index (χ0) is 12.5. The van der Waals surface area contributed by atoms with Gasteiger partial charge in [-0.1, -0.05) is 0 Å². The Morgan fingerprint density at radius 2 is 2.17 bits per heavy atom. The van der Waals surface area contributed by atoms with Crippen molar-refractivity contribution in [2.75, 3.05) is 0 Å². The number of fused-ring (bicyclic) bond motifs is 1. The minimum absolute atomic E-state index is 0.126. The van der Waals surface area contributed by atoms with Crippen LogP contribution in [0.25, 0.3) is 0 Å². The van der Waals surface area contributed by atoms with E-state index in [-0.39, 0.29) is 11.7 Å². The number of carbonyl (C=O) groups is 2. The van der Waals surface area contributed by atoms with Gasteiger partial charge in [0.05, 0.1) is 5.56 Å². The number of pyridine rings is 1. The molecular weight excluding hydrogens is 228 g/mol. The van der Waals surface area contributed by atoms with Crippen molar-refractivity contribution in [1.82, 2.24) is 9.55 Å². The number of ketones is 1. The Morgan fingerprint density at radius 3 is 2.94 bits per heavy atom. The summed E-state index contributed by atoms with van der Waals surface area (Å²) in [5, 5.41) is 0. The maximum Gasteiger partial charge on any atom is 0.263 e. The lowest BCUT2D eigenvalue weighted by molar-refractivity contribution is 0.0953. The SMILES string of the molecule is O=C1CCCc2c1ccn2C(=O)c1cccnc1. The molecule has 90 valence electrons. The summed E-state index contributed by atoms with van der Waals surface area (Å²) in [6, 6.07) is 5.20. The van der Waals surface area contributed by atoms with Crippen molar-refractivity contribution in [2.24, 2.45) is 0 Å². The molecule has 4 heteroatoms. The molecule has 0 spiro atoms. The van der Waals surface area contributed by atoms with Gasteiger partial charge in [0.25, 0.3) is 5.91 Å². The predicted octanol–water partition coefficient (Wildman–Crippen LogP) is 2.09. The summed E-state index contributed by atoms with van der Waals surface area (Å²) in [6.45, 7) is 0. The van der Waals surface area contributed by atoms with Gasteiger partial charge >= 0.3 is 0 Å². The standard InChI is InChI=1S/C14H12N2O2/c17-13-5-1-4-12-11(13)6-8-16(12)14(18)10-3-2-7-15-9-10/h2-3,6-9H,1,4-5H2. The summed E-state index contributed by atoms with van der Waals surface area (Å²) in [7, 11) is 0. The normalized spacial score (nSPS) is 14.3. The smallest absolute Gasteiger partial charge is 0.263 e. The van der Waals surface area contributed by atoms with Crippen LogP contribution in [0, 0.1) is 0 Å². The van der Waals surface area contributed by atoms with Crippen LogP contribution in [0.5, 0.6) is 0 Å². The highest BCUT2D eigenvalue weighted by Gasteiger charge is 2.23. The summed E-state index contributed by atoms with van der Waals surface area (Å²) in [5.74, 6) is 0.00744. The topological polar surface area (TPSA) is 52.0 Å². The van der Waals surface area contributed by atoms with E-state index in [4.69, 9.17) is 0 Å². The number of hydrogen-bond donors (Lipinski definition) is 0. The summed E-state index contributed by atoms with van der Waals surface area (Å²) in [5.41, 5.74) is 2.06. The highest BCUT2D eigenvalue weighted by atomic mass is 16.2. The number of Topliss-reactive ketones (excluding diaryl/α,β-unsaturated/α-hetero) is 1. The monoisotopic (exact) mass is 240 g/mol. The van der Waals surface area contributed by atoms with Crippen LogP contribution in [0.4, 0.5) is 0 Å². The van der Waals surface area contributed by atoms with Gasteiger partial charge < -0.3 is 0 Å². The summed E-state index contributed by atoms with van der Waals surface area (Å²) in [4.78, 5) is 28.0. The van der Waals surface area contributed by atoms with E-state index in [0.717, 1.165) is 18.5 Å². The average molecular weight is 240 g/mol. The van der Waals surface area contributed by atoms with Gasteiger partial charge in [0.2, 0.25) is 0 Å². The number of aromatic nitrogens is 2. The average Bonchev–Trinajstić information content (AvgIpc) is 2.84. The molecule has 1 aliphatic rings. The van der Waals surface area contributed by atoms with Gasteiger partial charge in [-0.3, -0.25) is 19.1 Å². The van der Waals surface area contributed by atoms with E-state index in [1.165, 1.54) is 0 Å². The molecule has 18 heavy (non-hydrogen) atoms. The molecule has 2 aromatic rings. The summed E-state index contributed by atoms with van der Waals surface area (Å²) in [6.07, 6.45) is 7.03. The molecule has 0 radical (unpaired) electrons. The fourth-order valence-corrected chi connectivity index (χ4v) is 2.34. The number of carbonyl (C=O) groups excluding carboxylic acids is 2. The Kier molecular flexibility index (Phi) is 2.55. The van der Waals surface area contributed by atoms with Crippen molar-refractivity contribution >= 4 is 11.7 Å². The van der Waals surface area contributed by atoms with Crippen LogP contribution < -0.4 is 0 Å². The minimum atomic E-state index is -0.126. The Balaban J connectivity index is 2.04. The fourth-order valence-electron chi connectivity index (χ4n) is 2.34. The first kappa shape index (κ1) is 10.9. The van der Waals surface area contributed by atoms with Crippen molar-refractivity contribution in [1.29, 1.82) is 0 Å². The largest absolute Gasteiger partial charge is 0.294 e. The van der Waals surface area contributed by atoms with Crippen LogP contribution in [-0.2, 0) is 6.42 Å². The summed E-state index contributed by atoms with van der Waals surface area (Å²) >= 11 is 0. The molecule has 0 aliphatic heterocycles. The van der Waals surface area contributed by atoms with E-state index in [9.17, 15) is 9.59 Å². The van der Waals surface area contributed by atoms with Gasteiger partial charge in [0.1, 0.15) is 0 Å². The zero-order valence-corrected chi connectivity index (χ0v) is 9.80. The van der Waals surface area contributed by atoms with Crippen LogP contribution in [0.15, 0.2) is 36.8 Å². The van der Waals surface area contributed by atoms with Crippen molar-refractivity contribution in [3.63, 3.8) is 0 Å². The first-order chi connectivity index (χ1) is 8.77. The van der Waals surface area contributed by atoms with Crippen molar-refractivity contribution < 1.29 is 9.59 Å². The molecule has 0 amide bonds. The van der Waals surface area contributed by atoms with Crippen LogP contribution in [0.1, 0.15) is 39.3 Å². The van der Waals surface area contributed by atoms with Crippen molar-refractivity contribution in [2.45, 2.75) is 19.3 Å². The number of hydrogen-bond acceptors (Lipinski definition) is 3. The van der Waals surface area contributed by atoms with Gasteiger partial charge in [-0.25, -0.2) is 0 Å². The molecule has 3 rings (SSSR count). The summed E-state index contributed by atoms with van der Waals surface area (Å²) < 4.78 is 1.57. The van der Waals surface area contributed by atoms with Crippen LogP contribution in [0.3, 0.4) is 0 Å². The molecule has 0 aromatic carbocycles. The van der Waals surface area contributed by atoms with Crippen molar-refractivity contribution in [3.05, 3.63) is 53.6 Å². The molecule has 4 nitrogen and oxygen atoms in total. The lowest BCUT2D eigenvalue weighted by Gasteiger charge is -2.13. The van der Waals surface area contributed by atoms with Crippen LogP contribution in [0.2, 0.25) is 0 Å². The van der Waals surface area contributed by atoms with Gasteiger partial charge in [-0.2, -0.15) is 0 Å². The Morgan fingerprint density at radius 1 is 1.28 bits per heavy atom. The molecular formula is C14H12N2O2. The lowest BCUT2D eigenvalue weighted by Crippen LogP contribution is -2.18. The Bertz CT molecular complexity index is 614. The molecule has 1 aliphatic carbocycles. The van der Waals surface area contributed by atoms with Crippen LogP contribution >= 0.6 is 0 Å². The second kappa shape index (κ2) is 4.22. The number of rotatable bonds is 1. The fraction of sp³-hybridized carbons (Fsp3) is 0.214. The molecule has 0 N–H and O–H groups in total. The Hall–Kier alpha value is -2.23. The Labute approximate surface area is 104 Å². The number of nitrogens with zero attached hydrogens (tertiary/aromatic N) is 2. The molecule has 2 heterocycles. The van der Waals surface area contributed by atoms with Gasteiger partial charge in [0.15, 0.2) is 5.78 Å². The maximum atomic E-state index is 12.3. The minimum Gasteiger partial charge on any atom is -0.294 e. The second-order valence-corrected chi connectivity index (χ2v) is 4.37. The third-order valence-corrected chi connectivity index (χ3v) is 3.24. The van der Waals surface area contributed by atoms with Gasteiger partial charge in [0, 0.05) is 36.3 Å².